The van der Waals surface area contributed by atoms with Gasteiger partial charge in [0.25, 0.3) is 20.9 Å². The maximum Gasteiger partial charge on any atom is 0.286 e. The molecule has 2 aromatic carbocycles. The van der Waals surface area contributed by atoms with Crippen LogP contribution in [0.2, 0.25) is 0 Å². The van der Waals surface area contributed by atoms with E-state index in [2.05, 4.69) is 4.72 Å². The number of hydrogen-bond donors (Lipinski definition) is 1. The number of thioether (sulfide) groups is 1. The Morgan fingerprint density at radius 1 is 1.19 bits per heavy atom. The van der Waals surface area contributed by atoms with E-state index in [-0.39, 0.29) is 21.5 Å². The van der Waals surface area contributed by atoms with Crippen LogP contribution in [0, 0.1) is 17.0 Å². The van der Waals surface area contributed by atoms with Gasteiger partial charge in [-0.25, -0.2) is 8.42 Å². The average molecular weight is 395 g/mol. The first-order valence-corrected chi connectivity index (χ1v) is 9.68. The van der Waals surface area contributed by atoms with Gasteiger partial charge in [-0.3, -0.25) is 19.6 Å². The van der Waals surface area contributed by atoms with Crippen molar-refractivity contribution in [1.82, 2.24) is 4.90 Å². The molecule has 0 spiro atoms. The maximum atomic E-state index is 12.7. The minimum atomic E-state index is -4.07. The van der Waals surface area contributed by atoms with Gasteiger partial charge < -0.3 is 4.90 Å². The average Bonchev–Trinajstić information content (AvgIpc) is 2.56. The molecule has 0 aliphatic heterocycles. The van der Waals surface area contributed by atoms with Gasteiger partial charge in [0.2, 0.25) is 0 Å². The fraction of sp³-hybridized carbons (Fsp3) is 0.188. The van der Waals surface area contributed by atoms with Gasteiger partial charge in [-0.1, -0.05) is 18.2 Å². The van der Waals surface area contributed by atoms with E-state index in [4.69, 9.17) is 0 Å². The van der Waals surface area contributed by atoms with Gasteiger partial charge in [0.15, 0.2) is 0 Å². The first-order chi connectivity index (χ1) is 12.1. The molecule has 0 heterocycles. The zero-order chi connectivity index (χ0) is 19.5. The van der Waals surface area contributed by atoms with Crippen LogP contribution in [0.25, 0.3) is 0 Å². The van der Waals surface area contributed by atoms with Crippen molar-refractivity contribution >= 4 is 38.4 Å². The second-order valence-corrected chi connectivity index (χ2v) is 8.21. The van der Waals surface area contributed by atoms with E-state index in [0.29, 0.717) is 10.5 Å². The summed E-state index contributed by atoms with van der Waals surface area (Å²) in [6.07, 6.45) is 0. The number of nitro groups is 1. The van der Waals surface area contributed by atoms with Crippen molar-refractivity contribution in [3.63, 3.8) is 0 Å². The van der Waals surface area contributed by atoms with Gasteiger partial charge in [0.1, 0.15) is 0 Å². The number of para-hydroxylation sites is 1. The van der Waals surface area contributed by atoms with Crippen LogP contribution in [-0.4, -0.2) is 37.6 Å². The molecule has 8 nitrogen and oxygen atoms in total. The molecule has 1 amide bonds. The number of non-ortho nitro benzene ring substituents is 1. The van der Waals surface area contributed by atoms with E-state index in [1.165, 1.54) is 23.1 Å². The van der Waals surface area contributed by atoms with Gasteiger partial charge in [0, 0.05) is 31.1 Å². The summed E-state index contributed by atoms with van der Waals surface area (Å²) in [4.78, 5) is 23.8. The zero-order valence-electron chi connectivity index (χ0n) is 14.3. The van der Waals surface area contributed by atoms with Crippen molar-refractivity contribution in [3.05, 3.63) is 58.1 Å². The van der Waals surface area contributed by atoms with E-state index in [1.54, 1.807) is 39.2 Å². The minimum Gasteiger partial charge on any atom is -0.339 e. The summed E-state index contributed by atoms with van der Waals surface area (Å²) in [5.74, 6) is 0. The van der Waals surface area contributed by atoms with Crippen LogP contribution in [-0.2, 0) is 10.0 Å². The summed E-state index contributed by atoms with van der Waals surface area (Å²) in [5, 5.41) is 10.7. The Labute approximate surface area is 155 Å². The highest BCUT2D eigenvalue weighted by atomic mass is 32.2. The first kappa shape index (κ1) is 19.7. The van der Waals surface area contributed by atoms with Crippen LogP contribution in [0.3, 0.4) is 0 Å². The number of amides is 1. The molecule has 0 saturated heterocycles. The molecule has 1 N–H and O–H groups in total. The summed E-state index contributed by atoms with van der Waals surface area (Å²) < 4.78 is 27.9. The van der Waals surface area contributed by atoms with Gasteiger partial charge in [0.05, 0.1) is 15.5 Å². The van der Waals surface area contributed by atoms with Crippen molar-refractivity contribution in [3.8, 4) is 0 Å². The quantitative estimate of drug-likeness (QED) is 0.471. The van der Waals surface area contributed by atoms with E-state index >= 15 is 0 Å². The van der Waals surface area contributed by atoms with Crippen molar-refractivity contribution in [2.45, 2.75) is 16.7 Å². The van der Waals surface area contributed by atoms with E-state index in [1.807, 2.05) is 0 Å². The van der Waals surface area contributed by atoms with Crippen LogP contribution in [0.4, 0.5) is 16.2 Å². The fourth-order valence-corrected chi connectivity index (χ4v) is 4.17. The molecule has 2 aromatic rings. The highest BCUT2D eigenvalue weighted by Crippen LogP contribution is 2.31. The molecular formula is C16H17N3O5S2. The third-order valence-corrected chi connectivity index (χ3v) is 5.99. The molecular weight excluding hydrogens is 378 g/mol. The molecule has 2 rings (SSSR count). The maximum absolute atomic E-state index is 12.7. The van der Waals surface area contributed by atoms with E-state index in [0.717, 1.165) is 17.8 Å². The molecule has 0 atom stereocenters. The largest absolute Gasteiger partial charge is 0.339 e. The highest BCUT2D eigenvalue weighted by molar-refractivity contribution is 8.13. The number of carbonyl (C=O) groups is 1. The lowest BCUT2D eigenvalue weighted by atomic mass is 10.2. The monoisotopic (exact) mass is 395 g/mol. The van der Waals surface area contributed by atoms with Crippen molar-refractivity contribution < 1.29 is 18.1 Å². The molecule has 0 fully saturated rings. The summed E-state index contributed by atoms with van der Waals surface area (Å²) >= 11 is 0.878. The Hall–Kier alpha value is -2.59. The predicted octanol–water partition coefficient (Wildman–Crippen LogP) is 3.48. The number of nitrogens with zero attached hydrogens (tertiary/aromatic N) is 2. The van der Waals surface area contributed by atoms with Crippen LogP contribution >= 0.6 is 11.8 Å². The summed E-state index contributed by atoms with van der Waals surface area (Å²) in [6, 6.07) is 10.1. The number of nitro benzene ring substituents is 1. The first-order valence-electron chi connectivity index (χ1n) is 7.38. The predicted molar refractivity (Wildman–Crippen MR) is 100 cm³/mol. The fourth-order valence-electron chi connectivity index (χ4n) is 2.02. The molecule has 0 bridgehead atoms. The van der Waals surface area contributed by atoms with E-state index in [9.17, 15) is 23.3 Å². The number of rotatable bonds is 5. The number of aryl methyl sites for hydroxylation is 1. The van der Waals surface area contributed by atoms with Gasteiger partial charge in [-0.05, 0) is 36.4 Å². The molecule has 138 valence electrons. The molecule has 0 aliphatic rings. The smallest absolute Gasteiger partial charge is 0.286 e. The normalized spacial score (nSPS) is 11.0. The topological polar surface area (TPSA) is 110 Å². The van der Waals surface area contributed by atoms with Crippen LogP contribution in [0.5, 0.6) is 0 Å². The molecule has 0 aromatic heterocycles. The van der Waals surface area contributed by atoms with Crippen molar-refractivity contribution in [1.29, 1.82) is 0 Å². The third-order valence-electron chi connectivity index (χ3n) is 3.37. The SMILES string of the molecule is Cc1ccc([N+](=O)[O-])cc1S(=O)(=O)Nc1ccccc1SC(=O)N(C)C. The third kappa shape index (κ3) is 4.52. The molecule has 10 heteroatoms. The summed E-state index contributed by atoms with van der Waals surface area (Å²) in [5.41, 5.74) is 0.276. The number of sulfonamides is 1. The van der Waals surface area contributed by atoms with Crippen LogP contribution in [0.15, 0.2) is 52.3 Å². The lowest BCUT2D eigenvalue weighted by Gasteiger charge is -2.14. The van der Waals surface area contributed by atoms with Gasteiger partial charge in [-0.2, -0.15) is 0 Å². The molecule has 0 aliphatic carbocycles. The number of carbonyl (C=O) groups excluding carboxylic acids is 1. The Balaban J connectivity index is 2.41. The number of nitrogens with one attached hydrogen (secondary N) is 1. The van der Waals surface area contributed by atoms with Crippen molar-refractivity contribution in [2.24, 2.45) is 0 Å². The summed E-state index contributed by atoms with van der Waals surface area (Å²) in [7, 11) is -0.888. The zero-order valence-corrected chi connectivity index (χ0v) is 15.9. The lowest BCUT2D eigenvalue weighted by Crippen LogP contribution is -2.17. The summed E-state index contributed by atoms with van der Waals surface area (Å²) in [6.45, 7) is 1.55. The Kier molecular flexibility index (Phi) is 5.88. The minimum absolute atomic E-state index is 0.189. The standard InChI is InChI=1S/C16H17N3O5S2/c1-11-8-9-12(19(21)22)10-15(11)26(23,24)17-13-6-4-5-7-14(13)25-16(20)18(2)3/h4-10,17H,1-3H3. The van der Waals surface area contributed by atoms with Gasteiger partial charge >= 0.3 is 0 Å². The number of anilines is 1. The number of hydrogen-bond acceptors (Lipinski definition) is 6. The Bertz CT molecular complexity index is 958. The van der Waals surface area contributed by atoms with Gasteiger partial charge in [-0.15, -0.1) is 0 Å². The molecule has 26 heavy (non-hydrogen) atoms. The second kappa shape index (κ2) is 7.75. The Morgan fingerprint density at radius 2 is 1.85 bits per heavy atom. The molecule has 0 unspecified atom stereocenters. The second-order valence-electron chi connectivity index (χ2n) is 5.57. The van der Waals surface area contributed by atoms with Crippen molar-refractivity contribution in [2.75, 3.05) is 18.8 Å². The number of benzene rings is 2. The Morgan fingerprint density at radius 3 is 2.46 bits per heavy atom. The van der Waals surface area contributed by atoms with E-state index < -0.39 is 14.9 Å². The van der Waals surface area contributed by atoms with Crippen LogP contribution < -0.4 is 4.72 Å². The highest BCUT2D eigenvalue weighted by Gasteiger charge is 2.22. The molecule has 0 saturated carbocycles. The molecule has 0 radical (unpaired) electrons. The lowest BCUT2D eigenvalue weighted by molar-refractivity contribution is -0.385. The van der Waals surface area contributed by atoms with Crippen LogP contribution in [0.1, 0.15) is 5.56 Å².